The lowest BCUT2D eigenvalue weighted by Crippen LogP contribution is -2.42. The number of aromatic nitrogens is 5. The maximum absolute atomic E-state index is 13.2. The van der Waals surface area contributed by atoms with Crippen LogP contribution in [-0.2, 0) is 12.1 Å². The van der Waals surface area contributed by atoms with Crippen LogP contribution in [0, 0.1) is 0 Å². The van der Waals surface area contributed by atoms with Crippen LogP contribution in [0.5, 0.6) is 5.75 Å². The van der Waals surface area contributed by atoms with Gasteiger partial charge < -0.3 is 9.72 Å². The van der Waals surface area contributed by atoms with Gasteiger partial charge in [0.2, 0.25) is 0 Å². The van der Waals surface area contributed by atoms with E-state index in [1.165, 1.54) is 19.3 Å². The monoisotopic (exact) mass is 494 g/mol. The first-order valence-electron chi connectivity index (χ1n) is 13.7. The number of rotatable bonds is 11. The van der Waals surface area contributed by atoms with Crippen LogP contribution in [0.4, 0.5) is 0 Å². The van der Waals surface area contributed by atoms with Crippen molar-refractivity contribution < 1.29 is 4.74 Å². The first-order chi connectivity index (χ1) is 17.4. The van der Waals surface area contributed by atoms with Crippen molar-refractivity contribution in [2.75, 3.05) is 6.61 Å². The molecule has 0 spiro atoms. The second-order valence-electron chi connectivity index (χ2n) is 10.7. The van der Waals surface area contributed by atoms with Crippen LogP contribution in [0.25, 0.3) is 10.9 Å². The van der Waals surface area contributed by atoms with E-state index in [1.807, 2.05) is 35.9 Å². The summed E-state index contributed by atoms with van der Waals surface area (Å²) in [5.41, 5.74) is 1.39. The number of nitrogens with zero attached hydrogens (tertiary/aromatic N) is 5. The fourth-order valence-corrected chi connectivity index (χ4v) is 5.41. The van der Waals surface area contributed by atoms with Crippen molar-refractivity contribution in [2.24, 2.45) is 0 Å². The third kappa shape index (κ3) is 5.64. The number of tetrazole rings is 1. The van der Waals surface area contributed by atoms with E-state index >= 15 is 0 Å². The topological polar surface area (TPSA) is 88.9 Å². The largest absolute Gasteiger partial charge is 0.494 e. The molecular weight excluding hydrogens is 452 g/mol. The molecule has 0 bridgehead atoms. The molecule has 3 aromatic rings. The molecule has 1 aliphatic carbocycles. The maximum Gasteiger partial charge on any atom is 0.252 e. The molecule has 1 atom stereocenters. The highest BCUT2D eigenvalue weighted by atomic mass is 16.5. The Labute approximate surface area is 214 Å². The molecule has 0 amide bonds. The molecule has 1 aromatic carbocycles. The number of nitrogens with one attached hydrogen (secondary N) is 1. The van der Waals surface area contributed by atoms with Gasteiger partial charge in [-0.15, -0.1) is 5.10 Å². The smallest absolute Gasteiger partial charge is 0.252 e. The zero-order valence-corrected chi connectivity index (χ0v) is 22.6. The van der Waals surface area contributed by atoms with Crippen LogP contribution >= 0.6 is 0 Å². The standard InChI is InChI=1S/C28H42N6O2/c1-6-12-25(26-30-31-32-34(26)28(4,5)7-2)33(22-13-10-9-11-14-22)19-21-17-20-18-23(36-8-3)15-16-24(20)29-27(21)35/h15-18,22,25H,6-14,19H2,1-5H3,(H,29,35)/t25-/m1/s1. The van der Waals surface area contributed by atoms with Gasteiger partial charge in [-0.2, -0.15) is 0 Å². The Morgan fingerprint density at radius 1 is 1.17 bits per heavy atom. The molecule has 0 unspecified atom stereocenters. The van der Waals surface area contributed by atoms with Crippen LogP contribution in [0.2, 0.25) is 0 Å². The van der Waals surface area contributed by atoms with E-state index in [1.54, 1.807) is 0 Å². The summed E-state index contributed by atoms with van der Waals surface area (Å²) in [5.74, 6) is 1.72. The second kappa shape index (κ2) is 11.5. The fraction of sp³-hybridized carbons (Fsp3) is 0.643. The molecule has 4 rings (SSSR count). The summed E-state index contributed by atoms with van der Waals surface area (Å²) in [4.78, 5) is 18.9. The van der Waals surface area contributed by atoms with E-state index in [0.717, 1.165) is 60.1 Å². The quantitative estimate of drug-likeness (QED) is 0.366. The van der Waals surface area contributed by atoms with E-state index in [4.69, 9.17) is 4.74 Å². The average molecular weight is 495 g/mol. The predicted molar refractivity (Wildman–Crippen MR) is 143 cm³/mol. The predicted octanol–water partition coefficient (Wildman–Crippen LogP) is 5.73. The lowest BCUT2D eigenvalue weighted by Gasteiger charge is -2.40. The second-order valence-corrected chi connectivity index (χ2v) is 10.7. The van der Waals surface area contributed by atoms with Crippen molar-refractivity contribution in [3.63, 3.8) is 0 Å². The molecule has 8 nitrogen and oxygen atoms in total. The van der Waals surface area contributed by atoms with Gasteiger partial charge in [0.05, 0.1) is 18.2 Å². The summed E-state index contributed by atoms with van der Waals surface area (Å²) >= 11 is 0. The Bertz CT molecular complexity index is 1190. The Kier molecular flexibility index (Phi) is 8.44. The summed E-state index contributed by atoms with van der Waals surface area (Å²) in [6, 6.07) is 8.32. The first kappa shape index (κ1) is 26.3. The number of benzene rings is 1. The van der Waals surface area contributed by atoms with Gasteiger partial charge in [0.15, 0.2) is 5.82 Å². The van der Waals surface area contributed by atoms with Gasteiger partial charge in [-0.1, -0.05) is 39.5 Å². The maximum atomic E-state index is 13.2. The Hall–Kier alpha value is -2.74. The average Bonchev–Trinajstić information content (AvgIpc) is 3.38. The van der Waals surface area contributed by atoms with E-state index in [0.29, 0.717) is 19.2 Å². The molecule has 196 valence electrons. The summed E-state index contributed by atoms with van der Waals surface area (Å²) in [7, 11) is 0. The normalized spacial score (nSPS) is 16.1. The Morgan fingerprint density at radius 3 is 2.64 bits per heavy atom. The van der Waals surface area contributed by atoms with Gasteiger partial charge in [-0.25, -0.2) is 4.68 Å². The Morgan fingerprint density at radius 2 is 1.94 bits per heavy atom. The molecule has 36 heavy (non-hydrogen) atoms. The van der Waals surface area contributed by atoms with E-state index < -0.39 is 0 Å². The van der Waals surface area contributed by atoms with Gasteiger partial charge in [0.25, 0.3) is 5.56 Å². The minimum Gasteiger partial charge on any atom is -0.494 e. The van der Waals surface area contributed by atoms with Crippen LogP contribution < -0.4 is 10.3 Å². The highest BCUT2D eigenvalue weighted by molar-refractivity contribution is 5.80. The van der Waals surface area contributed by atoms with Crippen molar-refractivity contribution in [1.82, 2.24) is 30.1 Å². The number of aromatic amines is 1. The lowest BCUT2D eigenvalue weighted by molar-refractivity contribution is 0.0770. The van der Waals surface area contributed by atoms with E-state index in [-0.39, 0.29) is 17.1 Å². The molecule has 1 fully saturated rings. The molecule has 0 aliphatic heterocycles. The van der Waals surface area contributed by atoms with Crippen molar-refractivity contribution in [2.45, 2.75) is 110 Å². The molecule has 0 saturated heterocycles. The first-order valence-corrected chi connectivity index (χ1v) is 13.7. The molecule has 0 radical (unpaired) electrons. The minimum atomic E-state index is -0.181. The molecule has 1 saturated carbocycles. The van der Waals surface area contributed by atoms with Gasteiger partial charge in [0.1, 0.15) is 5.75 Å². The zero-order valence-electron chi connectivity index (χ0n) is 22.6. The number of hydrogen-bond acceptors (Lipinski definition) is 6. The summed E-state index contributed by atoms with van der Waals surface area (Å²) in [6.07, 6.45) is 8.88. The number of pyridine rings is 1. The third-order valence-electron chi connectivity index (χ3n) is 7.79. The number of ether oxygens (including phenoxy) is 1. The highest BCUT2D eigenvalue weighted by Gasteiger charge is 2.35. The van der Waals surface area contributed by atoms with Gasteiger partial charge in [0, 0.05) is 29.1 Å². The van der Waals surface area contributed by atoms with E-state index in [9.17, 15) is 4.79 Å². The number of hydrogen-bond donors (Lipinski definition) is 1. The van der Waals surface area contributed by atoms with Crippen LogP contribution in [0.1, 0.15) is 103 Å². The number of fused-ring (bicyclic) bond motifs is 1. The third-order valence-corrected chi connectivity index (χ3v) is 7.79. The van der Waals surface area contributed by atoms with E-state index in [2.05, 4.69) is 53.1 Å². The number of H-pyrrole nitrogens is 1. The van der Waals surface area contributed by atoms with Crippen LogP contribution in [0.3, 0.4) is 0 Å². The molecule has 1 N–H and O–H groups in total. The minimum absolute atomic E-state index is 0.0313. The van der Waals surface area contributed by atoms with Gasteiger partial charge >= 0.3 is 0 Å². The van der Waals surface area contributed by atoms with Crippen molar-refractivity contribution in [3.8, 4) is 5.75 Å². The molecular formula is C28H42N6O2. The summed E-state index contributed by atoms with van der Waals surface area (Å²) < 4.78 is 7.72. The zero-order chi connectivity index (χ0) is 25.7. The molecule has 8 heteroatoms. The summed E-state index contributed by atoms with van der Waals surface area (Å²) in [5, 5.41) is 14.1. The molecule has 1 aliphatic rings. The molecule has 2 heterocycles. The van der Waals surface area contributed by atoms with Crippen LogP contribution in [-0.4, -0.2) is 42.7 Å². The highest BCUT2D eigenvalue weighted by Crippen LogP contribution is 2.35. The SMILES string of the molecule is CCC[C@H](c1nnnn1C(C)(C)CC)N(Cc1cc2cc(OCC)ccc2[nH]c1=O)C1CCCCC1. The lowest BCUT2D eigenvalue weighted by atomic mass is 9.91. The van der Waals surface area contributed by atoms with Crippen molar-refractivity contribution >= 4 is 10.9 Å². The van der Waals surface area contributed by atoms with Crippen LogP contribution in [0.15, 0.2) is 29.1 Å². The summed E-state index contributed by atoms with van der Waals surface area (Å²) in [6.45, 7) is 11.9. The van der Waals surface area contributed by atoms with Gasteiger partial charge in [-0.3, -0.25) is 9.69 Å². The van der Waals surface area contributed by atoms with Crippen molar-refractivity contribution in [3.05, 3.63) is 46.0 Å². The Balaban J connectivity index is 1.77. The van der Waals surface area contributed by atoms with Crippen molar-refractivity contribution in [1.29, 1.82) is 0 Å². The fourth-order valence-electron chi connectivity index (χ4n) is 5.41. The van der Waals surface area contributed by atoms with Gasteiger partial charge in [-0.05, 0) is 81.1 Å². The molecule has 2 aromatic heterocycles.